The van der Waals surface area contributed by atoms with Gasteiger partial charge in [0.2, 0.25) is 5.95 Å². The second kappa shape index (κ2) is 8.31. The molecule has 0 amide bonds. The van der Waals surface area contributed by atoms with E-state index in [1.165, 1.54) is 12.4 Å². The lowest BCUT2D eigenvalue weighted by Gasteiger charge is -2.00. The fourth-order valence-electron chi connectivity index (χ4n) is 0.588. The van der Waals surface area contributed by atoms with Crippen molar-refractivity contribution >= 4 is 42.4 Å². The van der Waals surface area contributed by atoms with Crippen molar-refractivity contribution in [2.24, 2.45) is 5.73 Å². The lowest BCUT2D eigenvalue weighted by atomic mass is 10.6. The second-order valence-corrected chi connectivity index (χ2v) is 2.38. The van der Waals surface area contributed by atoms with Crippen molar-refractivity contribution in [3.63, 3.8) is 0 Å². The minimum atomic E-state index is 0. The van der Waals surface area contributed by atoms with E-state index in [0.717, 1.165) is 0 Å². The molecule has 0 aliphatic rings. The minimum Gasteiger partial charge on any atom is -0.353 e. The molecule has 0 unspecified atom stereocenters. The summed E-state index contributed by atoms with van der Waals surface area (Å²) >= 11 is 5.57. The molecular formula is C6H11Cl3N4. The fraction of sp³-hybridized carbons (Fsp3) is 0.333. The van der Waals surface area contributed by atoms with Crippen molar-refractivity contribution < 1.29 is 0 Å². The van der Waals surface area contributed by atoms with Gasteiger partial charge in [-0.25, -0.2) is 9.97 Å². The molecule has 0 radical (unpaired) electrons. The zero-order valence-corrected chi connectivity index (χ0v) is 9.12. The summed E-state index contributed by atoms with van der Waals surface area (Å²) in [4.78, 5) is 7.81. The summed E-state index contributed by atoms with van der Waals surface area (Å²) < 4.78 is 0. The lowest BCUT2D eigenvalue weighted by Crippen LogP contribution is -2.14. The van der Waals surface area contributed by atoms with Crippen LogP contribution in [0.15, 0.2) is 12.4 Å². The van der Waals surface area contributed by atoms with E-state index < -0.39 is 0 Å². The Morgan fingerprint density at radius 2 is 1.85 bits per heavy atom. The van der Waals surface area contributed by atoms with Gasteiger partial charge in [0.15, 0.2) is 0 Å². The van der Waals surface area contributed by atoms with Crippen molar-refractivity contribution in [1.82, 2.24) is 9.97 Å². The topological polar surface area (TPSA) is 63.8 Å². The predicted molar refractivity (Wildman–Crippen MR) is 59.1 cm³/mol. The first-order valence-corrected chi connectivity index (χ1v) is 3.62. The number of hydrogen-bond donors (Lipinski definition) is 2. The average molecular weight is 246 g/mol. The minimum absolute atomic E-state index is 0. The highest BCUT2D eigenvalue weighted by molar-refractivity contribution is 6.30. The molecule has 1 aromatic heterocycles. The quantitative estimate of drug-likeness (QED) is 0.844. The molecule has 13 heavy (non-hydrogen) atoms. The Balaban J connectivity index is 0. The molecule has 76 valence electrons. The number of hydrogen-bond acceptors (Lipinski definition) is 4. The number of rotatable bonds is 3. The van der Waals surface area contributed by atoms with Crippen LogP contribution in [0.2, 0.25) is 5.02 Å². The molecule has 1 heterocycles. The molecule has 0 saturated heterocycles. The largest absolute Gasteiger partial charge is 0.353 e. The summed E-state index contributed by atoms with van der Waals surface area (Å²) in [6.45, 7) is 1.23. The van der Waals surface area contributed by atoms with E-state index in [-0.39, 0.29) is 24.8 Å². The fourth-order valence-corrected chi connectivity index (χ4v) is 0.685. The number of nitrogens with one attached hydrogen (secondary N) is 1. The first-order valence-electron chi connectivity index (χ1n) is 3.24. The summed E-state index contributed by atoms with van der Waals surface area (Å²) in [6, 6.07) is 0. The van der Waals surface area contributed by atoms with E-state index in [4.69, 9.17) is 17.3 Å². The van der Waals surface area contributed by atoms with Gasteiger partial charge in [0.25, 0.3) is 0 Å². The van der Waals surface area contributed by atoms with Gasteiger partial charge in [-0.15, -0.1) is 24.8 Å². The maximum Gasteiger partial charge on any atom is 0.222 e. The van der Waals surface area contributed by atoms with E-state index in [0.29, 0.717) is 24.1 Å². The summed E-state index contributed by atoms with van der Waals surface area (Å²) in [5.41, 5.74) is 5.26. The molecule has 0 aromatic carbocycles. The van der Waals surface area contributed by atoms with Crippen LogP contribution in [-0.2, 0) is 0 Å². The van der Waals surface area contributed by atoms with Crippen LogP contribution in [0.3, 0.4) is 0 Å². The van der Waals surface area contributed by atoms with Crippen molar-refractivity contribution in [2.75, 3.05) is 18.4 Å². The zero-order chi connectivity index (χ0) is 8.10. The number of anilines is 1. The van der Waals surface area contributed by atoms with Crippen LogP contribution in [0.25, 0.3) is 0 Å². The molecule has 0 atom stereocenters. The highest BCUT2D eigenvalue weighted by Gasteiger charge is 1.92. The second-order valence-electron chi connectivity index (χ2n) is 1.94. The number of nitrogens with zero attached hydrogens (tertiary/aromatic N) is 2. The smallest absolute Gasteiger partial charge is 0.222 e. The van der Waals surface area contributed by atoms with Gasteiger partial charge >= 0.3 is 0 Å². The Hall–Kier alpha value is -0.290. The van der Waals surface area contributed by atoms with Gasteiger partial charge in [-0.2, -0.15) is 0 Å². The third-order valence-corrected chi connectivity index (χ3v) is 1.24. The Labute approximate surface area is 94.1 Å². The average Bonchev–Trinajstić information content (AvgIpc) is 2.04. The Morgan fingerprint density at radius 3 is 2.31 bits per heavy atom. The summed E-state index contributed by atoms with van der Waals surface area (Å²) in [5.74, 6) is 0.555. The van der Waals surface area contributed by atoms with Crippen molar-refractivity contribution in [2.45, 2.75) is 0 Å². The summed E-state index contributed by atoms with van der Waals surface area (Å²) in [7, 11) is 0. The van der Waals surface area contributed by atoms with Crippen LogP contribution in [0.4, 0.5) is 5.95 Å². The Kier molecular flexibility index (Phi) is 9.72. The van der Waals surface area contributed by atoms with Crippen LogP contribution in [-0.4, -0.2) is 23.1 Å². The molecule has 0 spiro atoms. The van der Waals surface area contributed by atoms with Crippen LogP contribution in [0.1, 0.15) is 0 Å². The zero-order valence-electron chi connectivity index (χ0n) is 6.74. The highest BCUT2D eigenvalue weighted by atomic mass is 35.5. The van der Waals surface area contributed by atoms with Crippen molar-refractivity contribution in [3.8, 4) is 0 Å². The normalized spacial score (nSPS) is 8.15. The predicted octanol–water partition coefficient (Wildman–Crippen LogP) is 1.34. The number of nitrogens with two attached hydrogens (primary N) is 1. The molecule has 1 rings (SSSR count). The van der Waals surface area contributed by atoms with E-state index >= 15 is 0 Å². The molecule has 7 heteroatoms. The maximum atomic E-state index is 5.57. The van der Waals surface area contributed by atoms with E-state index in [9.17, 15) is 0 Å². The monoisotopic (exact) mass is 244 g/mol. The van der Waals surface area contributed by atoms with Gasteiger partial charge < -0.3 is 11.1 Å². The third-order valence-electron chi connectivity index (χ3n) is 1.05. The molecule has 0 aliphatic carbocycles. The van der Waals surface area contributed by atoms with E-state index in [1.54, 1.807) is 0 Å². The molecule has 0 fully saturated rings. The summed E-state index contributed by atoms with van der Waals surface area (Å²) in [5, 5.41) is 3.45. The third kappa shape index (κ3) is 5.87. The first kappa shape index (κ1) is 15.2. The van der Waals surface area contributed by atoms with Gasteiger partial charge in [-0.1, -0.05) is 11.6 Å². The molecule has 1 aromatic rings. The molecule has 0 saturated carbocycles. The van der Waals surface area contributed by atoms with Gasteiger partial charge in [0.05, 0.1) is 17.4 Å². The van der Waals surface area contributed by atoms with Crippen LogP contribution in [0, 0.1) is 0 Å². The Bertz CT molecular complexity index is 216. The van der Waals surface area contributed by atoms with Gasteiger partial charge in [-0.05, 0) is 0 Å². The van der Waals surface area contributed by atoms with Crippen molar-refractivity contribution in [1.29, 1.82) is 0 Å². The summed E-state index contributed by atoms with van der Waals surface area (Å²) in [6.07, 6.45) is 3.07. The number of halogens is 3. The first-order chi connectivity index (χ1) is 5.33. The van der Waals surface area contributed by atoms with E-state index in [1.807, 2.05) is 0 Å². The standard InChI is InChI=1S/C6H9ClN4.2ClH/c7-5-3-10-6(11-4-5)9-2-1-8;;/h3-4H,1-2,8H2,(H,9,10,11);2*1H. The van der Waals surface area contributed by atoms with Crippen LogP contribution < -0.4 is 11.1 Å². The van der Waals surface area contributed by atoms with Crippen molar-refractivity contribution in [3.05, 3.63) is 17.4 Å². The molecule has 0 aliphatic heterocycles. The van der Waals surface area contributed by atoms with Gasteiger partial charge in [0.1, 0.15) is 0 Å². The molecule has 4 nitrogen and oxygen atoms in total. The number of aromatic nitrogens is 2. The van der Waals surface area contributed by atoms with E-state index in [2.05, 4.69) is 15.3 Å². The highest BCUT2D eigenvalue weighted by Crippen LogP contribution is 2.04. The van der Waals surface area contributed by atoms with Gasteiger partial charge in [-0.3, -0.25) is 0 Å². The van der Waals surface area contributed by atoms with Crippen LogP contribution >= 0.6 is 36.4 Å². The SMILES string of the molecule is Cl.Cl.NCCNc1ncc(Cl)cn1. The van der Waals surface area contributed by atoms with Gasteiger partial charge in [0, 0.05) is 13.1 Å². The molecule has 0 bridgehead atoms. The molecular weight excluding hydrogens is 234 g/mol. The lowest BCUT2D eigenvalue weighted by molar-refractivity contribution is 0.989. The van der Waals surface area contributed by atoms with Crippen LogP contribution in [0.5, 0.6) is 0 Å². The Morgan fingerprint density at radius 1 is 1.31 bits per heavy atom. The molecule has 3 N–H and O–H groups in total. The maximum absolute atomic E-state index is 5.57.